The van der Waals surface area contributed by atoms with Crippen molar-refractivity contribution in [3.05, 3.63) is 48.0 Å². The van der Waals surface area contributed by atoms with Gasteiger partial charge in [0.2, 0.25) is 0 Å². The number of carbonyl (C=O) groups excluding carboxylic acids is 1. The minimum atomic E-state index is -0.343. The van der Waals surface area contributed by atoms with Crippen LogP contribution in [0.25, 0.3) is 11.0 Å². The lowest BCUT2D eigenvalue weighted by Crippen LogP contribution is -2.41. The van der Waals surface area contributed by atoms with E-state index in [2.05, 4.69) is 10.6 Å². The molecular formula is C17H19FN2O3. The van der Waals surface area contributed by atoms with E-state index in [4.69, 9.17) is 9.52 Å². The van der Waals surface area contributed by atoms with Gasteiger partial charge in [0.05, 0.1) is 6.04 Å². The van der Waals surface area contributed by atoms with Gasteiger partial charge in [0.15, 0.2) is 0 Å². The molecule has 122 valence electrons. The van der Waals surface area contributed by atoms with Crippen LogP contribution in [0.1, 0.15) is 25.1 Å². The van der Waals surface area contributed by atoms with Gasteiger partial charge in [-0.05, 0) is 37.6 Å². The third-order valence-electron chi connectivity index (χ3n) is 4.00. The molecule has 2 aromatic rings. The highest BCUT2D eigenvalue weighted by molar-refractivity contribution is 5.79. The van der Waals surface area contributed by atoms with Crippen molar-refractivity contribution in [2.75, 3.05) is 6.61 Å². The maximum atomic E-state index is 13.2. The Balaban J connectivity index is 1.60. The van der Waals surface area contributed by atoms with Crippen LogP contribution in [0.2, 0.25) is 0 Å². The Kier molecular flexibility index (Phi) is 4.34. The van der Waals surface area contributed by atoms with Crippen molar-refractivity contribution in [2.24, 2.45) is 5.92 Å². The fraction of sp³-hybridized carbons (Fsp3) is 0.353. The molecule has 0 aliphatic heterocycles. The van der Waals surface area contributed by atoms with Crippen LogP contribution in [0, 0.1) is 11.7 Å². The first-order valence-corrected chi connectivity index (χ1v) is 7.60. The third-order valence-corrected chi connectivity index (χ3v) is 4.00. The van der Waals surface area contributed by atoms with Gasteiger partial charge in [0.25, 0.3) is 0 Å². The normalized spacial score (nSPS) is 21.5. The van der Waals surface area contributed by atoms with E-state index in [1.165, 1.54) is 12.1 Å². The summed E-state index contributed by atoms with van der Waals surface area (Å²) in [4.78, 5) is 12.0. The van der Waals surface area contributed by atoms with Crippen molar-refractivity contribution in [1.29, 1.82) is 0 Å². The molecule has 3 atom stereocenters. The molecule has 0 spiro atoms. The van der Waals surface area contributed by atoms with Crippen LogP contribution in [0.4, 0.5) is 9.18 Å². The predicted molar refractivity (Wildman–Crippen MR) is 84.4 cm³/mol. The second-order valence-corrected chi connectivity index (χ2v) is 5.84. The highest BCUT2D eigenvalue weighted by atomic mass is 19.1. The number of carbonyl (C=O) groups is 1. The lowest BCUT2D eigenvalue weighted by atomic mass is 10.1. The fourth-order valence-electron chi connectivity index (χ4n) is 2.74. The molecule has 1 aromatic carbocycles. The number of halogens is 1. The van der Waals surface area contributed by atoms with Gasteiger partial charge < -0.3 is 20.2 Å². The molecule has 0 radical (unpaired) electrons. The van der Waals surface area contributed by atoms with E-state index in [0.717, 1.165) is 0 Å². The number of amides is 2. The molecule has 3 rings (SSSR count). The quantitative estimate of drug-likeness (QED) is 0.759. The van der Waals surface area contributed by atoms with Crippen LogP contribution in [0.3, 0.4) is 0 Å². The molecule has 1 unspecified atom stereocenters. The first-order chi connectivity index (χ1) is 11.0. The standard InChI is InChI=1S/C17H19FN2O3/c1-10(16-8-12-7-13(18)3-5-15(12)23-16)19-17(22)20-14-4-2-11(6-14)9-21/h2-5,7-8,10-11,14,21H,6,9H2,1H3,(H2,19,20,22)/t10?,11-,14+/m0/s1. The minimum absolute atomic E-state index is 0.0795. The first-order valence-electron chi connectivity index (χ1n) is 7.60. The van der Waals surface area contributed by atoms with Gasteiger partial charge in [-0.25, -0.2) is 9.18 Å². The van der Waals surface area contributed by atoms with Crippen LogP contribution in [0.5, 0.6) is 0 Å². The zero-order chi connectivity index (χ0) is 16.4. The molecule has 1 aliphatic rings. The van der Waals surface area contributed by atoms with Gasteiger partial charge in [-0.1, -0.05) is 12.2 Å². The molecule has 0 saturated heterocycles. The summed E-state index contributed by atoms with van der Waals surface area (Å²) in [6, 6.07) is 5.30. The van der Waals surface area contributed by atoms with E-state index in [-0.39, 0.29) is 36.5 Å². The van der Waals surface area contributed by atoms with Crippen molar-refractivity contribution in [3.63, 3.8) is 0 Å². The average Bonchev–Trinajstić information content (AvgIpc) is 3.12. The number of aliphatic hydroxyl groups is 1. The van der Waals surface area contributed by atoms with Crippen LogP contribution in [-0.2, 0) is 0 Å². The Bertz CT molecular complexity index is 741. The topological polar surface area (TPSA) is 74.5 Å². The summed E-state index contributed by atoms with van der Waals surface area (Å²) >= 11 is 0. The number of aliphatic hydroxyl groups excluding tert-OH is 1. The Labute approximate surface area is 133 Å². The summed E-state index contributed by atoms with van der Waals surface area (Å²) in [5, 5.41) is 15.4. The lowest BCUT2D eigenvalue weighted by molar-refractivity contribution is 0.228. The second-order valence-electron chi connectivity index (χ2n) is 5.84. The largest absolute Gasteiger partial charge is 0.459 e. The number of benzene rings is 1. The molecule has 2 amide bonds. The monoisotopic (exact) mass is 318 g/mol. The average molecular weight is 318 g/mol. The summed E-state index contributed by atoms with van der Waals surface area (Å²) in [7, 11) is 0. The van der Waals surface area contributed by atoms with Crippen LogP contribution < -0.4 is 10.6 Å². The Morgan fingerprint density at radius 1 is 1.43 bits per heavy atom. The Morgan fingerprint density at radius 2 is 2.26 bits per heavy atom. The molecule has 1 aliphatic carbocycles. The number of furan rings is 1. The Hall–Kier alpha value is -2.34. The van der Waals surface area contributed by atoms with E-state index >= 15 is 0 Å². The maximum absolute atomic E-state index is 13.2. The van der Waals surface area contributed by atoms with Gasteiger partial charge in [0.1, 0.15) is 17.2 Å². The van der Waals surface area contributed by atoms with Gasteiger partial charge in [-0.2, -0.15) is 0 Å². The zero-order valence-corrected chi connectivity index (χ0v) is 12.8. The number of fused-ring (bicyclic) bond motifs is 1. The highest BCUT2D eigenvalue weighted by Gasteiger charge is 2.21. The van der Waals surface area contributed by atoms with Crippen molar-refractivity contribution in [2.45, 2.75) is 25.4 Å². The van der Waals surface area contributed by atoms with Gasteiger partial charge in [0, 0.05) is 24.0 Å². The molecular weight excluding hydrogens is 299 g/mol. The summed E-state index contributed by atoms with van der Waals surface area (Å²) in [6.45, 7) is 1.89. The van der Waals surface area contributed by atoms with Crippen LogP contribution in [0.15, 0.2) is 40.8 Å². The van der Waals surface area contributed by atoms with E-state index in [0.29, 0.717) is 23.2 Å². The van der Waals surface area contributed by atoms with E-state index in [1.807, 2.05) is 12.2 Å². The van der Waals surface area contributed by atoms with Crippen molar-refractivity contribution in [3.8, 4) is 0 Å². The second kappa shape index (κ2) is 6.42. The fourth-order valence-corrected chi connectivity index (χ4v) is 2.74. The molecule has 23 heavy (non-hydrogen) atoms. The highest BCUT2D eigenvalue weighted by Crippen LogP contribution is 2.24. The molecule has 6 heteroatoms. The molecule has 3 N–H and O–H groups in total. The first kappa shape index (κ1) is 15.6. The van der Waals surface area contributed by atoms with Crippen molar-refractivity contribution < 1.29 is 18.7 Å². The molecule has 0 saturated carbocycles. The van der Waals surface area contributed by atoms with Gasteiger partial charge in [-0.15, -0.1) is 0 Å². The van der Waals surface area contributed by atoms with Crippen molar-refractivity contribution in [1.82, 2.24) is 10.6 Å². The van der Waals surface area contributed by atoms with E-state index in [1.54, 1.807) is 19.1 Å². The SMILES string of the molecule is CC(NC(=O)N[C@@H]1C=C[C@H](CO)C1)c1cc2cc(F)ccc2o1. The van der Waals surface area contributed by atoms with E-state index in [9.17, 15) is 9.18 Å². The predicted octanol–water partition coefficient (Wildman–Crippen LogP) is 2.87. The third kappa shape index (κ3) is 3.53. The van der Waals surface area contributed by atoms with Crippen LogP contribution in [-0.4, -0.2) is 23.8 Å². The number of hydrogen-bond donors (Lipinski definition) is 3. The number of rotatable bonds is 4. The molecule has 0 fully saturated rings. The zero-order valence-electron chi connectivity index (χ0n) is 12.8. The number of nitrogens with one attached hydrogen (secondary N) is 2. The molecule has 5 nitrogen and oxygen atoms in total. The summed E-state index contributed by atoms with van der Waals surface area (Å²) in [6.07, 6.45) is 4.49. The number of urea groups is 1. The summed E-state index contributed by atoms with van der Waals surface area (Å²) < 4.78 is 18.8. The smallest absolute Gasteiger partial charge is 0.315 e. The number of hydrogen-bond acceptors (Lipinski definition) is 3. The summed E-state index contributed by atoms with van der Waals surface area (Å²) in [5.74, 6) is 0.341. The van der Waals surface area contributed by atoms with Crippen molar-refractivity contribution >= 4 is 17.0 Å². The summed E-state index contributed by atoms with van der Waals surface area (Å²) in [5.41, 5.74) is 0.583. The Morgan fingerprint density at radius 3 is 3.00 bits per heavy atom. The molecule has 1 heterocycles. The van der Waals surface area contributed by atoms with E-state index < -0.39 is 0 Å². The maximum Gasteiger partial charge on any atom is 0.315 e. The minimum Gasteiger partial charge on any atom is -0.459 e. The van der Waals surface area contributed by atoms with Gasteiger partial charge >= 0.3 is 6.03 Å². The van der Waals surface area contributed by atoms with Crippen LogP contribution >= 0.6 is 0 Å². The van der Waals surface area contributed by atoms with Gasteiger partial charge in [-0.3, -0.25) is 0 Å². The molecule has 1 aromatic heterocycles. The molecule has 0 bridgehead atoms. The lowest BCUT2D eigenvalue weighted by Gasteiger charge is -2.16.